The summed E-state index contributed by atoms with van der Waals surface area (Å²) in [5, 5.41) is 2.91. The largest absolute Gasteiger partial charge is 0.463 e. The minimum atomic E-state index is -4.59. The summed E-state index contributed by atoms with van der Waals surface area (Å²) in [7, 11) is 0. The lowest BCUT2D eigenvalue weighted by Crippen LogP contribution is -2.26. The smallest absolute Gasteiger partial charge is 0.433 e. The van der Waals surface area contributed by atoms with Crippen molar-refractivity contribution < 1.29 is 22.4 Å². The van der Waals surface area contributed by atoms with Gasteiger partial charge in [-0.15, -0.1) is 0 Å². The molecule has 0 bridgehead atoms. The number of hydrogen-bond donors (Lipinski definition) is 1. The third-order valence-electron chi connectivity index (χ3n) is 4.23. The van der Waals surface area contributed by atoms with Crippen molar-refractivity contribution in [1.29, 1.82) is 0 Å². The molecular weight excluding hydrogens is 415 g/mol. The standard InChI is InChI=1S/C21H20F3N3O2S/c1-14(15-7-3-2-4-8-15)25-19(28)10-6-12-30-20-26-16(17-9-5-11-29-17)13-18(27-20)21(22,23)24/h2-5,7-9,11,13-14H,6,10,12H2,1H3,(H,25,28). The fourth-order valence-electron chi connectivity index (χ4n) is 2.72. The van der Waals surface area contributed by atoms with Gasteiger partial charge in [0.2, 0.25) is 5.91 Å². The molecule has 30 heavy (non-hydrogen) atoms. The number of carbonyl (C=O) groups excluding carboxylic acids is 1. The molecule has 0 spiro atoms. The number of furan rings is 1. The van der Waals surface area contributed by atoms with Crippen molar-refractivity contribution in [3.63, 3.8) is 0 Å². The van der Waals surface area contributed by atoms with Crippen LogP contribution in [-0.4, -0.2) is 21.6 Å². The highest BCUT2D eigenvalue weighted by Gasteiger charge is 2.34. The van der Waals surface area contributed by atoms with Crippen molar-refractivity contribution in [2.45, 2.75) is 37.1 Å². The van der Waals surface area contributed by atoms with Crippen molar-refractivity contribution in [2.75, 3.05) is 5.75 Å². The molecule has 9 heteroatoms. The first-order valence-electron chi connectivity index (χ1n) is 9.30. The molecule has 1 N–H and O–H groups in total. The molecule has 3 rings (SSSR count). The van der Waals surface area contributed by atoms with Crippen LogP contribution in [0.25, 0.3) is 11.5 Å². The highest BCUT2D eigenvalue weighted by molar-refractivity contribution is 7.99. The zero-order valence-corrected chi connectivity index (χ0v) is 17.0. The van der Waals surface area contributed by atoms with Gasteiger partial charge in [-0.05, 0) is 37.1 Å². The lowest BCUT2D eigenvalue weighted by atomic mass is 10.1. The summed E-state index contributed by atoms with van der Waals surface area (Å²) in [6.07, 6.45) is -2.48. The fraction of sp³-hybridized carbons (Fsp3) is 0.286. The number of aromatic nitrogens is 2. The van der Waals surface area contributed by atoms with Crippen molar-refractivity contribution in [3.8, 4) is 11.5 Å². The quantitative estimate of drug-likeness (QED) is 0.287. The number of hydrogen-bond acceptors (Lipinski definition) is 5. The van der Waals surface area contributed by atoms with E-state index in [0.29, 0.717) is 12.2 Å². The van der Waals surface area contributed by atoms with Crippen LogP contribution in [0.4, 0.5) is 13.2 Å². The van der Waals surface area contributed by atoms with Gasteiger partial charge in [0.1, 0.15) is 11.4 Å². The molecule has 1 aromatic carbocycles. The van der Waals surface area contributed by atoms with Crippen molar-refractivity contribution in [3.05, 3.63) is 66.1 Å². The van der Waals surface area contributed by atoms with Gasteiger partial charge < -0.3 is 9.73 Å². The maximum Gasteiger partial charge on any atom is 0.433 e. The van der Waals surface area contributed by atoms with Gasteiger partial charge in [0.05, 0.1) is 12.3 Å². The number of amides is 1. The lowest BCUT2D eigenvalue weighted by molar-refractivity contribution is -0.141. The van der Waals surface area contributed by atoms with Crippen molar-refractivity contribution in [1.82, 2.24) is 15.3 Å². The Morgan fingerprint density at radius 1 is 1.17 bits per heavy atom. The van der Waals surface area contributed by atoms with E-state index < -0.39 is 11.9 Å². The molecule has 0 saturated heterocycles. The summed E-state index contributed by atoms with van der Waals surface area (Å²) in [6.45, 7) is 1.90. The molecule has 2 heterocycles. The summed E-state index contributed by atoms with van der Waals surface area (Å²) in [4.78, 5) is 19.9. The van der Waals surface area contributed by atoms with Crippen LogP contribution >= 0.6 is 11.8 Å². The molecule has 0 radical (unpaired) electrons. The summed E-state index contributed by atoms with van der Waals surface area (Å²) in [5.41, 5.74) is 0.0446. The number of thioether (sulfide) groups is 1. The molecule has 1 amide bonds. The van der Waals surface area contributed by atoms with E-state index in [9.17, 15) is 18.0 Å². The summed E-state index contributed by atoms with van der Waals surface area (Å²) in [6, 6.07) is 13.4. The monoisotopic (exact) mass is 435 g/mol. The molecular formula is C21H20F3N3O2S. The van der Waals surface area contributed by atoms with E-state index >= 15 is 0 Å². The molecule has 158 valence electrons. The van der Waals surface area contributed by atoms with Crippen LogP contribution in [0.15, 0.2) is 64.4 Å². The van der Waals surface area contributed by atoms with E-state index in [1.54, 1.807) is 6.07 Å². The third kappa shape index (κ3) is 6.09. The zero-order chi connectivity index (χ0) is 21.6. The molecule has 3 aromatic rings. The Morgan fingerprint density at radius 3 is 2.60 bits per heavy atom. The van der Waals surface area contributed by atoms with Crippen LogP contribution in [-0.2, 0) is 11.0 Å². The third-order valence-corrected chi connectivity index (χ3v) is 5.16. The lowest BCUT2D eigenvalue weighted by Gasteiger charge is -2.14. The molecule has 1 atom stereocenters. The van der Waals surface area contributed by atoms with Gasteiger partial charge in [0, 0.05) is 12.2 Å². The number of benzene rings is 1. The van der Waals surface area contributed by atoms with Gasteiger partial charge in [0.15, 0.2) is 10.9 Å². The van der Waals surface area contributed by atoms with Crippen molar-refractivity contribution in [2.24, 2.45) is 0 Å². The second-order valence-electron chi connectivity index (χ2n) is 6.55. The molecule has 0 aliphatic rings. The first kappa shape index (κ1) is 21.9. The van der Waals surface area contributed by atoms with Crippen LogP contribution in [0.3, 0.4) is 0 Å². The Hall–Kier alpha value is -2.81. The van der Waals surface area contributed by atoms with Crippen LogP contribution in [0.5, 0.6) is 0 Å². The molecule has 2 aromatic heterocycles. The topological polar surface area (TPSA) is 68.0 Å². The number of nitrogens with zero attached hydrogens (tertiary/aromatic N) is 2. The number of rotatable bonds is 8. The Bertz CT molecular complexity index is 963. The Balaban J connectivity index is 1.55. The number of carbonyl (C=O) groups is 1. The number of alkyl halides is 3. The maximum absolute atomic E-state index is 13.2. The predicted molar refractivity (Wildman–Crippen MR) is 108 cm³/mol. The average Bonchev–Trinajstić information content (AvgIpc) is 3.26. The SMILES string of the molecule is CC(NC(=O)CCCSc1nc(-c2ccco2)cc(C(F)(F)F)n1)c1ccccc1. The zero-order valence-electron chi connectivity index (χ0n) is 16.1. The minimum Gasteiger partial charge on any atom is -0.463 e. The van der Waals surface area contributed by atoms with Crippen LogP contribution in [0.1, 0.15) is 37.1 Å². The van der Waals surface area contributed by atoms with E-state index in [1.165, 1.54) is 12.3 Å². The average molecular weight is 435 g/mol. The molecule has 5 nitrogen and oxygen atoms in total. The molecule has 0 saturated carbocycles. The second kappa shape index (κ2) is 9.80. The Kier molecular flexibility index (Phi) is 7.15. The highest BCUT2D eigenvalue weighted by atomic mass is 32.2. The van der Waals surface area contributed by atoms with E-state index in [2.05, 4.69) is 15.3 Å². The fourth-order valence-corrected chi connectivity index (χ4v) is 3.52. The Labute approximate surface area is 176 Å². The maximum atomic E-state index is 13.2. The van der Waals surface area contributed by atoms with E-state index in [4.69, 9.17) is 4.42 Å². The normalized spacial score (nSPS) is 12.5. The summed E-state index contributed by atoms with van der Waals surface area (Å²) >= 11 is 1.08. The van der Waals surface area contributed by atoms with Gasteiger partial charge in [-0.25, -0.2) is 9.97 Å². The van der Waals surface area contributed by atoms with Gasteiger partial charge in [0.25, 0.3) is 0 Å². The first-order valence-corrected chi connectivity index (χ1v) is 10.3. The van der Waals surface area contributed by atoms with E-state index in [0.717, 1.165) is 23.4 Å². The van der Waals surface area contributed by atoms with Gasteiger partial charge in [-0.1, -0.05) is 42.1 Å². The van der Waals surface area contributed by atoms with Crippen LogP contribution in [0.2, 0.25) is 0 Å². The molecule has 1 unspecified atom stereocenters. The predicted octanol–water partition coefficient (Wildman–Crippen LogP) is 5.51. The molecule has 0 aliphatic carbocycles. The van der Waals surface area contributed by atoms with Gasteiger partial charge >= 0.3 is 6.18 Å². The summed E-state index contributed by atoms with van der Waals surface area (Å²) in [5.74, 6) is 0.527. The number of nitrogens with one attached hydrogen (secondary N) is 1. The van der Waals surface area contributed by atoms with Crippen LogP contribution < -0.4 is 5.32 Å². The van der Waals surface area contributed by atoms with Crippen molar-refractivity contribution >= 4 is 17.7 Å². The second-order valence-corrected chi connectivity index (χ2v) is 7.61. The van der Waals surface area contributed by atoms with Gasteiger partial charge in [-0.2, -0.15) is 13.2 Å². The number of halogens is 3. The molecule has 0 fully saturated rings. The van der Waals surface area contributed by atoms with Gasteiger partial charge in [-0.3, -0.25) is 4.79 Å². The van der Waals surface area contributed by atoms with E-state index in [1.807, 2.05) is 37.3 Å². The summed E-state index contributed by atoms with van der Waals surface area (Å²) < 4.78 is 44.6. The Morgan fingerprint density at radius 2 is 1.93 bits per heavy atom. The highest BCUT2D eigenvalue weighted by Crippen LogP contribution is 2.32. The molecule has 0 aliphatic heterocycles. The van der Waals surface area contributed by atoms with Crippen LogP contribution in [0, 0.1) is 0 Å². The first-order chi connectivity index (χ1) is 14.3. The minimum absolute atomic E-state index is 0.00529. The van der Waals surface area contributed by atoms with E-state index in [-0.39, 0.29) is 35.0 Å².